The minimum atomic E-state index is -0.872. The van der Waals surface area contributed by atoms with Crippen molar-refractivity contribution in [2.75, 3.05) is 6.54 Å². The number of carboxylic acid groups (broad SMARTS) is 1. The number of carbonyl (C=O) groups excluding carboxylic acids is 1. The van der Waals surface area contributed by atoms with E-state index in [1.54, 1.807) is 13.0 Å². The van der Waals surface area contributed by atoms with E-state index >= 15 is 0 Å². The maximum atomic E-state index is 12.6. The van der Waals surface area contributed by atoms with Gasteiger partial charge in [0.1, 0.15) is 0 Å². The Balaban J connectivity index is 2.10. The van der Waals surface area contributed by atoms with Crippen LogP contribution in [0.2, 0.25) is 5.02 Å². The number of hydrogen-bond acceptors (Lipinski definition) is 2. The van der Waals surface area contributed by atoms with Gasteiger partial charge < -0.3 is 10.4 Å². The van der Waals surface area contributed by atoms with Crippen molar-refractivity contribution in [3.8, 4) is 0 Å². The summed E-state index contributed by atoms with van der Waals surface area (Å²) < 4.78 is 0. The molecule has 1 aliphatic rings. The first kappa shape index (κ1) is 15.8. The summed E-state index contributed by atoms with van der Waals surface area (Å²) >= 11 is 6.02. The molecule has 1 amide bonds. The van der Waals surface area contributed by atoms with Crippen LogP contribution in [0.25, 0.3) is 0 Å². The zero-order valence-corrected chi connectivity index (χ0v) is 12.8. The molecule has 0 spiro atoms. The molecule has 0 aliphatic heterocycles. The van der Waals surface area contributed by atoms with Crippen LogP contribution in [-0.4, -0.2) is 23.5 Å². The van der Waals surface area contributed by atoms with Gasteiger partial charge in [-0.05, 0) is 37.0 Å². The third kappa shape index (κ3) is 3.21. The number of carboxylic acids is 1. The maximum absolute atomic E-state index is 12.6. The Morgan fingerprint density at radius 1 is 1.43 bits per heavy atom. The molecule has 0 bridgehead atoms. The van der Waals surface area contributed by atoms with Gasteiger partial charge >= 0.3 is 5.97 Å². The smallest absolute Gasteiger partial charge is 0.308 e. The summed E-state index contributed by atoms with van der Waals surface area (Å²) in [6.07, 6.45) is 3.06. The second-order valence-electron chi connectivity index (χ2n) is 5.60. The summed E-state index contributed by atoms with van der Waals surface area (Å²) in [5.74, 6) is -1.50. The van der Waals surface area contributed by atoms with Gasteiger partial charge in [-0.1, -0.05) is 37.1 Å². The Labute approximate surface area is 129 Å². The lowest BCUT2D eigenvalue weighted by atomic mass is 9.64. The van der Waals surface area contributed by atoms with Crippen LogP contribution in [-0.2, 0) is 15.0 Å². The lowest BCUT2D eigenvalue weighted by Crippen LogP contribution is -2.50. The van der Waals surface area contributed by atoms with E-state index in [9.17, 15) is 9.59 Å². The topological polar surface area (TPSA) is 66.4 Å². The van der Waals surface area contributed by atoms with Crippen LogP contribution in [0.5, 0.6) is 0 Å². The number of aliphatic carboxylic acids is 1. The fourth-order valence-corrected chi connectivity index (χ4v) is 2.94. The van der Waals surface area contributed by atoms with E-state index in [4.69, 9.17) is 16.7 Å². The molecule has 5 heteroatoms. The Hall–Kier alpha value is -1.55. The standard InChI is InChI=1S/C16H20ClNO3/c1-2-11(14(19)20)10-18-15(21)16(7-4-8-16)12-5-3-6-13(17)9-12/h3,5-6,9,11H,2,4,7-8,10H2,1H3,(H,18,21)(H,19,20). The number of benzene rings is 1. The molecule has 1 saturated carbocycles. The summed E-state index contributed by atoms with van der Waals surface area (Å²) in [4.78, 5) is 23.6. The van der Waals surface area contributed by atoms with Gasteiger partial charge in [-0.3, -0.25) is 9.59 Å². The monoisotopic (exact) mass is 309 g/mol. The SMILES string of the molecule is CCC(CNC(=O)C1(c2cccc(Cl)c2)CCC1)C(=O)O. The van der Waals surface area contributed by atoms with Gasteiger partial charge in [-0.2, -0.15) is 0 Å². The van der Waals surface area contributed by atoms with Crippen LogP contribution in [0.3, 0.4) is 0 Å². The molecule has 0 heterocycles. The molecule has 1 fully saturated rings. The number of rotatable bonds is 6. The Kier molecular flexibility index (Phi) is 4.88. The Morgan fingerprint density at radius 3 is 2.62 bits per heavy atom. The third-order valence-electron chi connectivity index (χ3n) is 4.37. The molecule has 0 radical (unpaired) electrons. The molecular formula is C16H20ClNO3. The zero-order chi connectivity index (χ0) is 15.5. The van der Waals surface area contributed by atoms with Crippen molar-refractivity contribution in [2.45, 2.75) is 38.0 Å². The van der Waals surface area contributed by atoms with Crippen LogP contribution in [0.4, 0.5) is 0 Å². The van der Waals surface area contributed by atoms with E-state index in [2.05, 4.69) is 5.32 Å². The van der Waals surface area contributed by atoms with Crippen molar-refractivity contribution >= 4 is 23.5 Å². The van der Waals surface area contributed by atoms with Gasteiger partial charge in [0.2, 0.25) is 5.91 Å². The van der Waals surface area contributed by atoms with Gasteiger partial charge in [-0.25, -0.2) is 0 Å². The number of carbonyl (C=O) groups is 2. The molecule has 1 aromatic carbocycles. The van der Waals surface area contributed by atoms with Crippen molar-refractivity contribution in [2.24, 2.45) is 5.92 Å². The lowest BCUT2D eigenvalue weighted by molar-refractivity contribution is -0.142. The quantitative estimate of drug-likeness (QED) is 0.849. The first-order valence-corrected chi connectivity index (χ1v) is 7.64. The maximum Gasteiger partial charge on any atom is 0.308 e. The molecule has 4 nitrogen and oxygen atoms in total. The second kappa shape index (κ2) is 6.48. The van der Waals surface area contributed by atoms with Gasteiger partial charge in [0.15, 0.2) is 0 Å². The summed E-state index contributed by atoms with van der Waals surface area (Å²) in [7, 11) is 0. The highest BCUT2D eigenvalue weighted by Gasteiger charge is 2.45. The second-order valence-corrected chi connectivity index (χ2v) is 6.04. The predicted molar refractivity (Wildman–Crippen MR) is 81.4 cm³/mol. The van der Waals surface area contributed by atoms with Crippen molar-refractivity contribution in [1.82, 2.24) is 5.32 Å². The Morgan fingerprint density at radius 2 is 2.14 bits per heavy atom. The predicted octanol–water partition coefficient (Wildman–Crippen LogP) is 2.99. The molecule has 1 atom stereocenters. The molecule has 114 valence electrons. The van der Waals surface area contributed by atoms with Crippen LogP contribution in [0, 0.1) is 5.92 Å². The number of hydrogen-bond donors (Lipinski definition) is 2. The highest BCUT2D eigenvalue weighted by Crippen LogP contribution is 2.44. The minimum absolute atomic E-state index is 0.0873. The number of nitrogens with one attached hydrogen (secondary N) is 1. The number of amides is 1. The van der Waals surface area contributed by atoms with Gasteiger partial charge in [0, 0.05) is 11.6 Å². The van der Waals surface area contributed by atoms with Crippen LogP contribution in [0.1, 0.15) is 38.2 Å². The van der Waals surface area contributed by atoms with Gasteiger partial charge in [0.05, 0.1) is 11.3 Å². The van der Waals surface area contributed by atoms with Crippen LogP contribution >= 0.6 is 11.6 Å². The van der Waals surface area contributed by atoms with Crippen LogP contribution < -0.4 is 5.32 Å². The minimum Gasteiger partial charge on any atom is -0.481 e. The van der Waals surface area contributed by atoms with E-state index in [0.717, 1.165) is 24.8 Å². The molecular weight excluding hydrogens is 290 g/mol. The van der Waals surface area contributed by atoms with Crippen molar-refractivity contribution in [3.63, 3.8) is 0 Å². The molecule has 0 aromatic heterocycles. The van der Waals surface area contributed by atoms with Crippen molar-refractivity contribution < 1.29 is 14.7 Å². The van der Waals surface area contributed by atoms with Crippen molar-refractivity contribution in [3.05, 3.63) is 34.9 Å². The van der Waals surface area contributed by atoms with E-state index in [-0.39, 0.29) is 12.5 Å². The molecule has 2 N–H and O–H groups in total. The van der Waals surface area contributed by atoms with Gasteiger partial charge in [-0.15, -0.1) is 0 Å². The van der Waals surface area contributed by atoms with Crippen LogP contribution in [0.15, 0.2) is 24.3 Å². The van der Waals surface area contributed by atoms with E-state index in [1.165, 1.54) is 0 Å². The zero-order valence-electron chi connectivity index (χ0n) is 12.1. The normalized spacial score (nSPS) is 17.6. The lowest BCUT2D eigenvalue weighted by Gasteiger charge is -2.41. The molecule has 1 unspecified atom stereocenters. The molecule has 21 heavy (non-hydrogen) atoms. The highest BCUT2D eigenvalue weighted by atomic mass is 35.5. The summed E-state index contributed by atoms with van der Waals surface area (Å²) in [5, 5.41) is 12.5. The fraction of sp³-hybridized carbons (Fsp3) is 0.500. The fourth-order valence-electron chi connectivity index (χ4n) is 2.75. The first-order chi connectivity index (χ1) is 9.99. The van der Waals surface area contributed by atoms with Gasteiger partial charge in [0.25, 0.3) is 0 Å². The van der Waals surface area contributed by atoms with E-state index in [0.29, 0.717) is 11.4 Å². The number of halogens is 1. The summed E-state index contributed by atoms with van der Waals surface area (Å²) in [6.45, 7) is 1.98. The van der Waals surface area contributed by atoms with Crippen molar-refractivity contribution in [1.29, 1.82) is 0 Å². The first-order valence-electron chi connectivity index (χ1n) is 7.27. The average molecular weight is 310 g/mol. The molecule has 1 aliphatic carbocycles. The third-order valence-corrected chi connectivity index (χ3v) is 4.61. The Bertz CT molecular complexity index is 540. The molecule has 1 aromatic rings. The highest BCUT2D eigenvalue weighted by molar-refractivity contribution is 6.30. The summed E-state index contributed by atoms with van der Waals surface area (Å²) in [6, 6.07) is 7.37. The molecule has 0 saturated heterocycles. The average Bonchev–Trinajstić information content (AvgIpc) is 2.37. The summed E-state index contributed by atoms with van der Waals surface area (Å²) in [5.41, 5.74) is 0.379. The van der Waals surface area contributed by atoms with E-state index < -0.39 is 17.3 Å². The largest absolute Gasteiger partial charge is 0.481 e. The molecule has 2 rings (SSSR count). The van der Waals surface area contributed by atoms with E-state index in [1.807, 2.05) is 18.2 Å².